The number of ether oxygens (including phenoxy) is 1. The largest absolute Gasteiger partial charge is 0.492 e. The fourth-order valence-corrected chi connectivity index (χ4v) is 6.42. The number of nitrogens with zero attached hydrogens (tertiary/aromatic N) is 4. The SMILES string of the molecule is CC(C)=CC[C@@]1(n2cnc3c(O)ncnc32)O[C@H](COP(=O)(O)OP(=O)(O)OP(=O)(O)O)[C@@H](O)[C@H]1O. The smallest absolute Gasteiger partial charge is 0.490 e. The van der Waals surface area contributed by atoms with E-state index in [1.165, 1.54) is 10.9 Å². The summed E-state index contributed by atoms with van der Waals surface area (Å²) >= 11 is 0. The Kier molecular flexibility index (Phi) is 8.26. The van der Waals surface area contributed by atoms with Gasteiger partial charge in [0.25, 0.3) is 0 Å². The van der Waals surface area contributed by atoms with E-state index < -0.39 is 60.0 Å². The highest BCUT2D eigenvalue weighted by Gasteiger charge is 2.56. The molecular formula is C15H23N4O14P3. The molecule has 0 saturated carbocycles. The molecule has 3 heterocycles. The number of phosphoric ester groups is 1. The molecule has 2 aromatic heterocycles. The highest BCUT2D eigenvalue weighted by Crippen LogP contribution is 2.66. The van der Waals surface area contributed by atoms with Crippen molar-refractivity contribution in [2.75, 3.05) is 6.61 Å². The number of imidazole rings is 1. The number of fused-ring (bicyclic) bond motifs is 1. The summed E-state index contributed by atoms with van der Waals surface area (Å²) < 4.78 is 53.2. The number of hydrogen-bond acceptors (Lipinski definition) is 13. The minimum absolute atomic E-state index is 0.0180. The lowest BCUT2D eigenvalue weighted by Crippen LogP contribution is -2.45. The van der Waals surface area contributed by atoms with Crippen molar-refractivity contribution in [1.82, 2.24) is 19.5 Å². The van der Waals surface area contributed by atoms with Crippen LogP contribution in [0.3, 0.4) is 0 Å². The van der Waals surface area contributed by atoms with E-state index in [-0.39, 0.29) is 17.6 Å². The van der Waals surface area contributed by atoms with Gasteiger partial charge in [0.2, 0.25) is 5.88 Å². The molecule has 2 aromatic rings. The van der Waals surface area contributed by atoms with Crippen LogP contribution in [0.2, 0.25) is 0 Å². The van der Waals surface area contributed by atoms with E-state index in [0.717, 1.165) is 11.9 Å². The maximum atomic E-state index is 12.1. The lowest BCUT2D eigenvalue weighted by atomic mass is 9.98. The maximum absolute atomic E-state index is 12.1. The summed E-state index contributed by atoms with van der Waals surface area (Å²) in [7, 11) is -16.9. The van der Waals surface area contributed by atoms with Crippen molar-refractivity contribution in [1.29, 1.82) is 0 Å². The Morgan fingerprint density at radius 1 is 1.11 bits per heavy atom. The minimum atomic E-state index is -5.76. The zero-order valence-corrected chi connectivity index (χ0v) is 21.2. The quantitative estimate of drug-likeness (QED) is 0.145. The van der Waals surface area contributed by atoms with Crippen LogP contribution in [0.5, 0.6) is 5.88 Å². The summed E-state index contributed by atoms with van der Waals surface area (Å²) in [6.07, 6.45) is -1.30. The van der Waals surface area contributed by atoms with Gasteiger partial charge in [0.15, 0.2) is 16.9 Å². The fraction of sp³-hybridized carbons (Fsp3) is 0.533. The fourth-order valence-electron chi connectivity index (χ4n) is 3.39. The molecule has 2 unspecified atom stereocenters. The second kappa shape index (κ2) is 10.3. The van der Waals surface area contributed by atoms with Crippen molar-refractivity contribution >= 4 is 34.6 Å². The third-order valence-corrected chi connectivity index (χ3v) is 8.67. The predicted molar refractivity (Wildman–Crippen MR) is 116 cm³/mol. The van der Waals surface area contributed by atoms with Gasteiger partial charge in [0.05, 0.1) is 12.9 Å². The number of aliphatic hydroxyl groups excluding tert-OH is 2. The molecule has 0 spiro atoms. The monoisotopic (exact) mass is 576 g/mol. The number of hydrogen-bond donors (Lipinski definition) is 7. The maximum Gasteiger partial charge on any atom is 0.490 e. The normalized spacial score (nSPS) is 28.1. The van der Waals surface area contributed by atoms with Crippen LogP contribution in [0.4, 0.5) is 0 Å². The molecule has 21 heteroatoms. The van der Waals surface area contributed by atoms with Crippen LogP contribution < -0.4 is 0 Å². The van der Waals surface area contributed by atoms with Crippen molar-refractivity contribution in [3.63, 3.8) is 0 Å². The molecule has 1 fully saturated rings. The molecule has 0 radical (unpaired) electrons. The van der Waals surface area contributed by atoms with Gasteiger partial charge in [-0.05, 0) is 13.8 Å². The van der Waals surface area contributed by atoms with Crippen LogP contribution >= 0.6 is 23.5 Å². The van der Waals surface area contributed by atoms with Crippen molar-refractivity contribution in [2.24, 2.45) is 0 Å². The first-order valence-electron chi connectivity index (χ1n) is 9.79. The van der Waals surface area contributed by atoms with E-state index in [2.05, 4.69) is 28.1 Å². The van der Waals surface area contributed by atoms with Gasteiger partial charge in [0, 0.05) is 6.42 Å². The van der Waals surface area contributed by atoms with Gasteiger partial charge in [0.1, 0.15) is 24.6 Å². The van der Waals surface area contributed by atoms with E-state index >= 15 is 0 Å². The Morgan fingerprint density at radius 3 is 2.39 bits per heavy atom. The van der Waals surface area contributed by atoms with Crippen molar-refractivity contribution in [3.8, 4) is 5.88 Å². The molecule has 7 N–H and O–H groups in total. The summed E-state index contributed by atoms with van der Waals surface area (Å²) in [5, 5.41) is 31.5. The van der Waals surface area contributed by atoms with Crippen molar-refractivity contribution < 1.29 is 66.5 Å². The molecule has 1 aliphatic rings. The molecule has 6 atom stereocenters. The predicted octanol–water partition coefficient (Wildman–Crippen LogP) is 0.00490. The summed E-state index contributed by atoms with van der Waals surface area (Å²) in [5.41, 5.74) is -1.06. The van der Waals surface area contributed by atoms with E-state index in [1.54, 1.807) is 19.9 Å². The molecule has 202 valence electrons. The standard InChI is InChI=1S/C15H23N4O14P3/c1-8(2)3-4-15(19-7-18-10-13(19)16-6-17-14(10)22)12(21)11(20)9(31-15)5-30-35(26,27)33-36(28,29)32-34(23,24)25/h3,6-7,9,11-12,20-21H,4-5H2,1-2H3,(H,26,27)(H,28,29)(H,16,17,22)(H2,23,24,25)/t9-,11-,12-,15-/m1/s1. The molecule has 0 aliphatic carbocycles. The second-order valence-electron chi connectivity index (χ2n) is 7.79. The molecule has 1 saturated heterocycles. The van der Waals surface area contributed by atoms with Crippen LogP contribution in [0.1, 0.15) is 20.3 Å². The third kappa shape index (κ3) is 6.44. The Hall–Kier alpha value is -1.62. The second-order valence-corrected chi connectivity index (χ2v) is 12.2. The number of rotatable bonds is 10. The third-order valence-electron chi connectivity index (χ3n) is 4.86. The Labute approximate surface area is 202 Å². The molecule has 3 rings (SSSR count). The average Bonchev–Trinajstić information content (AvgIpc) is 3.25. The average molecular weight is 576 g/mol. The van der Waals surface area contributed by atoms with Gasteiger partial charge >= 0.3 is 23.5 Å². The van der Waals surface area contributed by atoms with Crippen LogP contribution in [0.25, 0.3) is 11.2 Å². The molecule has 0 aromatic carbocycles. The first-order chi connectivity index (χ1) is 16.5. The van der Waals surface area contributed by atoms with Crippen molar-refractivity contribution in [2.45, 2.75) is 44.3 Å². The van der Waals surface area contributed by atoms with E-state index in [1.807, 2.05) is 0 Å². The van der Waals surface area contributed by atoms with Crippen LogP contribution in [0.15, 0.2) is 24.3 Å². The highest BCUT2D eigenvalue weighted by atomic mass is 31.3. The van der Waals surface area contributed by atoms with Gasteiger partial charge in [-0.15, -0.1) is 0 Å². The molecule has 18 nitrogen and oxygen atoms in total. The van der Waals surface area contributed by atoms with Gasteiger partial charge in [-0.2, -0.15) is 13.6 Å². The number of aromatic hydroxyl groups is 1. The Bertz CT molecular complexity index is 1290. The van der Waals surface area contributed by atoms with Crippen molar-refractivity contribution in [3.05, 3.63) is 24.3 Å². The van der Waals surface area contributed by atoms with Gasteiger partial charge in [-0.1, -0.05) is 11.6 Å². The number of aromatic nitrogens is 4. The number of aliphatic hydroxyl groups is 2. The van der Waals surface area contributed by atoms with Crippen LogP contribution in [-0.2, 0) is 37.3 Å². The Morgan fingerprint density at radius 2 is 1.78 bits per heavy atom. The lowest BCUT2D eigenvalue weighted by Gasteiger charge is -2.33. The topological polar surface area (TPSA) is 273 Å². The van der Waals surface area contributed by atoms with Gasteiger partial charge < -0.3 is 39.6 Å². The molecule has 0 bridgehead atoms. The van der Waals surface area contributed by atoms with E-state index in [4.69, 9.17) is 14.5 Å². The number of phosphoric acid groups is 3. The molecule has 36 heavy (non-hydrogen) atoms. The summed E-state index contributed by atoms with van der Waals surface area (Å²) in [6.45, 7) is 2.49. The molecule has 1 aliphatic heterocycles. The van der Waals surface area contributed by atoms with E-state index in [9.17, 15) is 38.8 Å². The van der Waals surface area contributed by atoms with Crippen LogP contribution in [0, 0.1) is 0 Å². The first kappa shape index (κ1) is 28.9. The van der Waals surface area contributed by atoms with E-state index in [0.29, 0.717) is 0 Å². The zero-order valence-electron chi connectivity index (χ0n) is 18.5. The minimum Gasteiger partial charge on any atom is -0.492 e. The summed E-state index contributed by atoms with van der Waals surface area (Å²) in [6, 6.07) is 0. The Balaban J connectivity index is 1.88. The summed E-state index contributed by atoms with van der Waals surface area (Å²) in [5.74, 6) is -0.464. The van der Waals surface area contributed by atoms with Gasteiger partial charge in [-0.25, -0.2) is 23.7 Å². The number of allylic oxidation sites excluding steroid dienone is 1. The van der Waals surface area contributed by atoms with Crippen LogP contribution in [-0.4, -0.2) is 79.3 Å². The van der Waals surface area contributed by atoms with Gasteiger partial charge in [-0.3, -0.25) is 9.09 Å². The molecular weight excluding hydrogens is 553 g/mol. The summed E-state index contributed by atoms with van der Waals surface area (Å²) in [4.78, 5) is 47.8. The highest BCUT2D eigenvalue weighted by molar-refractivity contribution is 7.66. The first-order valence-corrected chi connectivity index (χ1v) is 14.3. The lowest BCUT2D eigenvalue weighted by molar-refractivity contribution is -0.142. The molecule has 0 amide bonds. The zero-order chi connectivity index (χ0) is 27.1.